The number of rotatable bonds is 8. The van der Waals surface area contributed by atoms with Crippen molar-refractivity contribution in [3.63, 3.8) is 0 Å². The predicted octanol–water partition coefficient (Wildman–Crippen LogP) is 1.84. The molecule has 0 saturated carbocycles. The van der Waals surface area contributed by atoms with Crippen molar-refractivity contribution in [2.24, 2.45) is 5.92 Å². The summed E-state index contributed by atoms with van der Waals surface area (Å²) >= 11 is 0. The molecule has 0 aromatic heterocycles. The molecule has 0 aliphatic carbocycles. The van der Waals surface area contributed by atoms with Crippen LogP contribution in [0.15, 0.2) is 24.3 Å². The second kappa shape index (κ2) is 9.75. The molecule has 1 unspecified atom stereocenters. The number of amides is 1. The van der Waals surface area contributed by atoms with E-state index in [0.29, 0.717) is 6.54 Å². The Bertz CT molecular complexity index is 490. The average molecular weight is 342 g/mol. The van der Waals surface area contributed by atoms with Gasteiger partial charge in [-0.3, -0.25) is 9.69 Å². The Kier molecular flexibility index (Phi) is 8.37. The zero-order valence-electron chi connectivity index (χ0n) is 14.2. The smallest absolute Gasteiger partial charge is 0.225 e. The van der Waals surface area contributed by atoms with Gasteiger partial charge in [0.15, 0.2) is 0 Å². The van der Waals surface area contributed by atoms with Crippen molar-refractivity contribution < 1.29 is 9.53 Å². The number of methoxy groups -OCH3 is 1. The Morgan fingerprint density at radius 3 is 2.61 bits per heavy atom. The molecule has 2 rings (SSSR count). The number of halogens is 1. The molecule has 1 amide bonds. The average Bonchev–Trinajstić information content (AvgIpc) is 2.49. The number of carbonyl (C=O) groups excluding carboxylic acids is 1. The van der Waals surface area contributed by atoms with E-state index in [2.05, 4.69) is 41.5 Å². The molecule has 1 aromatic rings. The van der Waals surface area contributed by atoms with Crippen molar-refractivity contribution >= 4 is 18.3 Å². The van der Waals surface area contributed by atoms with Crippen molar-refractivity contribution in [1.82, 2.24) is 15.5 Å². The normalized spacial score (nSPS) is 15.5. The van der Waals surface area contributed by atoms with Gasteiger partial charge in [0.1, 0.15) is 5.75 Å². The maximum atomic E-state index is 12.1. The topological polar surface area (TPSA) is 53.6 Å². The Morgan fingerprint density at radius 1 is 1.39 bits per heavy atom. The minimum absolute atomic E-state index is 0. The molecule has 1 fully saturated rings. The lowest BCUT2D eigenvalue weighted by molar-refractivity contribution is -0.126. The van der Waals surface area contributed by atoms with Gasteiger partial charge in [-0.15, -0.1) is 12.4 Å². The summed E-state index contributed by atoms with van der Waals surface area (Å²) in [7, 11) is 1.68. The monoisotopic (exact) mass is 341 g/mol. The molecule has 0 radical (unpaired) electrons. The Labute approximate surface area is 145 Å². The van der Waals surface area contributed by atoms with E-state index in [4.69, 9.17) is 4.74 Å². The molecule has 6 heteroatoms. The van der Waals surface area contributed by atoms with Gasteiger partial charge in [0.2, 0.25) is 5.91 Å². The van der Waals surface area contributed by atoms with Crippen LogP contribution in [0.3, 0.4) is 0 Å². The molecule has 2 N–H and O–H groups in total. The van der Waals surface area contributed by atoms with E-state index < -0.39 is 0 Å². The quantitative estimate of drug-likeness (QED) is 0.757. The van der Waals surface area contributed by atoms with Crippen molar-refractivity contribution in [1.29, 1.82) is 0 Å². The van der Waals surface area contributed by atoms with Gasteiger partial charge in [0.25, 0.3) is 0 Å². The molecule has 0 bridgehead atoms. The standard InChI is InChI=1S/C17H27N3O2.ClH/c1-4-20(5-2)16(12-19-17(21)14-10-18-11-14)13-7-6-8-15(9-13)22-3;/h6-9,14,16,18H,4-5,10-12H2,1-3H3,(H,19,21);1H. The van der Waals surface area contributed by atoms with E-state index in [1.807, 2.05) is 12.1 Å². The molecule has 5 nitrogen and oxygen atoms in total. The molecule has 1 heterocycles. The van der Waals surface area contributed by atoms with Crippen molar-refractivity contribution in [2.75, 3.05) is 39.8 Å². The number of benzene rings is 1. The van der Waals surface area contributed by atoms with Crippen LogP contribution < -0.4 is 15.4 Å². The lowest BCUT2D eigenvalue weighted by Crippen LogP contribution is -2.52. The number of hydrogen-bond acceptors (Lipinski definition) is 4. The third-order valence-electron chi connectivity index (χ3n) is 4.35. The number of carbonyl (C=O) groups is 1. The highest BCUT2D eigenvalue weighted by Crippen LogP contribution is 2.24. The molecule has 23 heavy (non-hydrogen) atoms. The number of ether oxygens (including phenoxy) is 1. The number of likely N-dealkylation sites (N-methyl/N-ethyl adjacent to an activating group) is 1. The summed E-state index contributed by atoms with van der Waals surface area (Å²) in [6.07, 6.45) is 0. The van der Waals surface area contributed by atoms with Crippen LogP contribution >= 0.6 is 12.4 Å². The second-order valence-electron chi connectivity index (χ2n) is 5.61. The zero-order valence-corrected chi connectivity index (χ0v) is 15.0. The summed E-state index contributed by atoms with van der Waals surface area (Å²) in [5.41, 5.74) is 1.18. The molecule has 1 aliphatic heterocycles. The van der Waals surface area contributed by atoms with Crippen molar-refractivity contribution in [3.05, 3.63) is 29.8 Å². The first kappa shape index (κ1) is 19.7. The summed E-state index contributed by atoms with van der Waals surface area (Å²) in [5.74, 6) is 1.13. The van der Waals surface area contributed by atoms with Gasteiger partial charge < -0.3 is 15.4 Å². The van der Waals surface area contributed by atoms with E-state index in [1.165, 1.54) is 5.56 Å². The Balaban J connectivity index is 0.00000264. The van der Waals surface area contributed by atoms with E-state index in [0.717, 1.165) is 31.9 Å². The summed E-state index contributed by atoms with van der Waals surface area (Å²) in [5, 5.41) is 6.24. The maximum absolute atomic E-state index is 12.1. The highest BCUT2D eigenvalue weighted by atomic mass is 35.5. The fourth-order valence-electron chi connectivity index (χ4n) is 2.79. The SMILES string of the molecule is CCN(CC)C(CNC(=O)C1CNC1)c1cccc(OC)c1.Cl. The van der Waals surface area contributed by atoms with Gasteiger partial charge >= 0.3 is 0 Å². The number of hydrogen-bond donors (Lipinski definition) is 2. The lowest BCUT2D eigenvalue weighted by Gasteiger charge is -2.32. The van der Waals surface area contributed by atoms with Crippen LogP contribution in [0, 0.1) is 5.92 Å². The van der Waals surface area contributed by atoms with E-state index in [1.54, 1.807) is 7.11 Å². The van der Waals surface area contributed by atoms with Crippen LogP contribution in [0.5, 0.6) is 5.75 Å². The summed E-state index contributed by atoms with van der Waals surface area (Å²) in [6.45, 7) is 8.40. The summed E-state index contributed by atoms with van der Waals surface area (Å²) in [6, 6.07) is 8.27. The molecule has 1 saturated heterocycles. The van der Waals surface area contributed by atoms with Crippen LogP contribution in [0.2, 0.25) is 0 Å². The second-order valence-corrected chi connectivity index (χ2v) is 5.61. The molecule has 1 aliphatic rings. The summed E-state index contributed by atoms with van der Waals surface area (Å²) < 4.78 is 5.33. The third kappa shape index (κ3) is 5.09. The lowest BCUT2D eigenvalue weighted by atomic mass is 10.0. The van der Waals surface area contributed by atoms with Gasteiger partial charge in [0.05, 0.1) is 19.1 Å². The van der Waals surface area contributed by atoms with Gasteiger partial charge in [-0.2, -0.15) is 0 Å². The van der Waals surface area contributed by atoms with Crippen LogP contribution in [0.1, 0.15) is 25.5 Å². The van der Waals surface area contributed by atoms with E-state index in [9.17, 15) is 4.79 Å². The van der Waals surface area contributed by atoms with Gasteiger partial charge in [-0.05, 0) is 30.8 Å². The molecular weight excluding hydrogens is 314 g/mol. The third-order valence-corrected chi connectivity index (χ3v) is 4.35. The Morgan fingerprint density at radius 2 is 2.09 bits per heavy atom. The first-order valence-corrected chi connectivity index (χ1v) is 8.06. The molecular formula is C17H28ClN3O2. The zero-order chi connectivity index (χ0) is 15.9. The minimum atomic E-state index is 0. The molecule has 0 spiro atoms. The first-order chi connectivity index (χ1) is 10.7. The molecule has 130 valence electrons. The number of nitrogens with zero attached hydrogens (tertiary/aromatic N) is 1. The fourth-order valence-corrected chi connectivity index (χ4v) is 2.79. The van der Waals surface area contributed by atoms with E-state index >= 15 is 0 Å². The van der Waals surface area contributed by atoms with E-state index in [-0.39, 0.29) is 30.3 Å². The van der Waals surface area contributed by atoms with Crippen LogP contribution in [-0.2, 0) is 4.79 Å². The van der Waals surface area contributed by atoms with Gasteiger partial charge in [-0.25, -0.2) is 0 Å². The van der Waals surface area contributed by atoms with Crippen LogP contribution in [0.4, 0.5) is 0 Å². The first-order valence-electron chi connectivity index (χ1n) is 8.06. The Hall–Kier alpha value is -1.30. The maximum Gasteiger partial charge on any atom is 0.225 e. The fraction of sp³-hybridized carbons (Fsp3) is 0.588. The number of nitrogens with one attached hydrogen (secondary N) is 2. The predicted molar refractivity (Wildman–Crippen MR) is 95.3 cm³/mol. The molecule has 1 aromatic carbocycles. The summed E-state index contributed by atoms with van der Waals surface area (Å²) in [4.78, 5) is 14.4. The van der Waals surface area contributed by atoms with Crippen molar-refractivity contribution in [2.45, 2.75) is 19.9 Å². The van der Waals surface area contributed by atoms with Crippen LogP contribution in [-0.4, -0.2) is 50.6 Å². The van der Waals surface area contributed by atoms with Crippen molar-refractivity contribution in [3.8, 4) is 5.75 Å². The van der Waals surface area contributed by atoms with Gasteiger partial charge in [-0.1, -0.05) is 26.0 Å². The van der Waals surface area contributed by atoms with Crippen LogP contribution in [0.25, 0.3) is 0 Å². The van der Waals surface area contributed by atoms with Gasteiger partial charge in [0, 0.05) is 19.6 Å². The highest BCUT2D eigenvalue weighted by molar-refractivity contribution is 5.85. The minimum Gasteiger partial charge on any atom is -0.497 e. The largest absolute Gasteiger partial charge is 0.497 e. The highest BCUT2D eigenvalue weighted by Gasteiger charge is 2.26. The molecule has 1 atom stereocenters.